The molecule has 0 unspecified atom stereocenters. The van der Waals surface area contributed by atoms with E-state index in [9.17, 15) is 4.79 Å². The zero-order valence-corrected chi connectivity index (χ0v) is 5.63. The second kappa shape index (κ2) is 3.07. The van der Waals surface area contributed by atoms with Crippen LogP contribution >= 0.6 is 0 Å². The molecule has 2 N–H and O–H groups in total. The summed E-state index contributed by atoms with van der Waals surface area (Å²) in [6, 6.07) is 0. The minimum absolute atomic E-state index is 0.0675. The maximum Gasteiger partial charge on any atom is 0.218 e. The normalized spacial score (nSPS) is 15.1. The Bertz CT molecular complexity index is 157. The molecule has 5 heteroatoms. The van der Waals surface area contributed by atoms with Gasteiger partial charge in [0.15, 0.2) is 0 Å². The molecule has 1 heterocycles. The van der Waals surface area contributed by atoms with E-state index in [0.717, 1.165) is 0 Å². The number of carbonyl (C=O) groups excluding carboxylic acids is 1. The average Bonchev–Trinajstić information content (AvgIpc) is 2.34. The number of nitrogens with one attached hydrogen (secondary N) is 2. The molecule has 1 rings (SSSR count). The summed E-state index contributed by atoms with van der Waals surface area (Å²) in [6.07, 6.45) is 3.16. The number of hydrogen-bond acceptors (Lipinski definition) is 4. The van der Waals surface area contributed by atoms with Crippen molar-refractivity contribution in [3.05, 3.63) is 12.5 Å². The Morgan fingerprint density at radius 1 is 1.90 bits per heavy atom. The summed E-state index contributed by atoms with van der Waals surface area (Å²) in [4.78, 5) is 15.0. The molecule has 0 aromatic heterocycles. The molecule has 10 heavy (non-hydrogen) atoms. The smallest absolute Gasteiger partial charge is 0.218 e. The van der Waals surface area contributed by atoms with Crippen molar-refractivity contribution in [1.29, 1.82) is 0 Å². The summed E-state index contributed by atoms with van der Waals surface area (Å²) in [5.41, 5.74) is 2.52. The van der Waals surface area contributed by atoms with Gasteiger partial charge in [0.2, 0.25) is 5.91 Å². The minimum Gasteiger partial charge on any atom is -0.395 e. The fraction of sp³-hybridized carbons (Fsp3) is 0.400. The SMILES string of the molecule is CC(=O)NCN1C=CON1. The Hall–Kier alpha value is -1.23. The molecule has 0 fully saturated rings. The third kappa shape index (κ3) is 1.94. The van der Waals surface area contributed by atoms with Gasteiger partial charge in [0.1, 0.15) is 12.9 Å². The van der Waals surface area contributed by atoms with Crippen LogP contribution in [-0.4, -0.2) is 17.6 Å². The van der Waals surface area contributed by atoms with E-state index in [1.165, 1.54) is 13.2 Å². The lowest BCUT2D eigenvalue weighted by Gasteiger charge is -2.12. The van der Waals surface area contributed by atoms with Gasteiger partial charge in [-0.2, -0.15) is 0 Å². The highest BCUT2D eigenvalue weighted by atomic mass is 16.7. The quantitative estimate of drug-likeness (QED) is 0.537. The second-order valence-electron chi connectivity index (χ2n) is 1.86. The van der Waals surface area contributed by atoms with E-state index in [2.05, 4.69) is 15.7 Å². The van der Waals surface area contributed by atoms with Crippen LogP contribution in [0.2, 0.25) is 0 Å². The maximum absolute atomic E-state index is 10.4. The van der Waals surface area contributed by atoms with Crippen LogP contribution < -0.4 is 10.9 Å². The Balaban J connectivity index is 2.13. The largest absolute Gasteiger partial charge is 0.395 e. The van der Waals surface area contributed by atoms with Crippen LogP contribution in [0.4, 0.5) is 0 Å². The van der Waals surface area contributed by atoms with Crippen molar-refractivity contribution in [2.24, 2.45) is 0 Å². The van der Waals surface area contributed by atoms with Crippen molar-refractivity contribution in [3.63, 3.8) is 0 Å². The van der Waals surface area contributed by atoms with Crippen molar-refractivity contribution < 1.29 is 9.63 Å². The molecule has 0 aliphatic carbocycles. The summed E-state index contributed by atoms with van der Waals surface area (Å²) in [5.74, 6) is -0.0675. The first kappa shape index (κ1) is 6.88. The standard InChI is InChI=1S/C5H9N3O2/c1-5(9)6-4-8-2-3-10-7-8/h2-3,7H,4H2,1H3,(H,6,9). The van der Waals surface area contributed by atoms with Crippen LogP contribution in [0.25, 0.3) is 0 Å². The molecule has 0 aromatic carbocycles. The van der Waals surface area contributed by atoms with E-state index in [-0.39, 0.29) is 5.91 Å². The van der Waals surface area contributed by atoms with E-state index in [4.69, 9.17) is 0 Å². The van der Waals surface area contributed by atoms with Gasteiger partial charge < -0.3 is 10.2 Å². The van der Waals surface area contributed by atoms with Crippen molar-refractivity contribution >= 4 is 5.91 Å². The Morgan fingerprint density at radius 2 is 2.70 bits per heavy atom. The molecule has 1 amide bonds. The molecule has 1 aliphatic heterocycles. The van der Waals surface area contributed by atoms with E-state index >= 15 is 0 Å². The van der Waals surface area contributed by atoms with Gasteiger partial charge in [0.25, 0.3) is 0 Å². The van der Waals surface area contributed by atoms with Crippen molar-refractivity contribution in [1.82, 2.24) is 15.9 Å². The lowest BCUT2D eigenvalue weighted by Crippen LogP contribution is -2.38. The fourth-order valence-corrected chi connectivity index (χ4v) is 0.514. The van der Waals surface area contributed by atoms with Crippen molar-refractivity contribution in [3.8, 4) is 0 Å². The Labute approximate surface area is 58.6 Å². The van der Waals surface area contributed by atoms with E-state index in [0.29, 0.717) is 6.67 Å². The predicted molar refractivity (Wildman–Crippen MR) is 33.9 cm³/mol. The van der Waals surface area contributed by atoms with Gasteiger partial charge in [0.05, 0.1) is 6.20 Å². The first-order valence-electron chi connectivity index (χ1n) is 2.88. The van der Waals surface area contributed by atoms with Crippen LogP contribution in [0, 0.1) is 0 Å². The van der Waals surface area contributed by atoms with Crippen LogP contribution in [0.1, 0.15) is 6.92 Å². The van der Waals surface area contributed by atoms with Crippen LogP contribution in [0.15, 0.2) is 12.5 Å². The topological polar surface area (TPSA) is 53.6 Å². The second-order valence-corrected chi connectivity index (χ2v) is 1.86. The number of hydrogen-bond donors (Lipinski definition) is 2. The molecule has 1 aliphatic rings. The van der Waals surface area contributed by atoms with E-state index < -0.39 is 0 Å². The lowest BCUT2D eigenvalue weighted by atomic mass is 10.7. The summed E-state index contributed by atoms with van der Waals surface area (Å²) < 4.78 is 0. The first-order chi connectivity index (χ1) is 4.79. The highest BCUT2D eigenvalue weighted by molar-refractivity contribution is 5.72. The van der Waals surface area contributed by atoms with Crippen molar-refractivity contribution in [2.75, 3.05) is 6.67 Å². The molecular formula is C5H9N3O2. The highest BCUT2D eigenvalue weighted by Crippen LogP contribution is 1.90. The average molecular weight is 143 g/mol. The van der Waals surface area contributed by atoms with Gasteiger partial charge in [0, 0.05) is 6.92 Å². The molecule has 0 saturated heterocycles. The third-order valence-electron chi connectivity index (χ3n) is 0.977. The first-order valence-corrected chi connectivity index (χ1v) is 2.88. The van der Waals surface area contributed by atoms with Crippen LogP contribution in [0.5, 0.6) is 0 Å². The van der Waals surface area contributed by atoms with Crippen molar-refractivity contribution in [2.45, 2.75) is 6.92 Å². The fourth-order valence-electron chi connectivity index (χ4n) is 0.514. The Kier molecular flexibility index (Phi) is 2.11. The number of nitrogens with zero attached hydrogens (tertiary/aromatic N) is 1. The molecule has 0 aromatic rings. The molecule has 56 valence electrons. The zero-order chi connectivity index (χ0) is 7.40. The molecule has 0 spiro atoms. The Morgan fingerprint density at radius 3 is 3.20 bits per heavy atom. The number of amides is 1. The summed E-state index contributed by atoms with van der Waals surface area (Å²) >= 11 is 0. The highest BCUT2D eigenvalue weighted by Gasteiger charge is 2.02. The van der Waals surface area contributed by atoms with Crippen LogP contribution in [0.3, 0.4) is 0 Å². The molecule has 0 atom stereocenters. The minimum atomic E-state index is -0.0675. The molecule has 0 radical (unpaired) electrons. The van der Waals surface area contributed by atoms with E-state index in [1.54, 1.807) is 11.2 Å². The lowest BCUT2D eigenvalue weighted by molar-refractivity contribution is -0.120. The third-order valence-corrected chi connectivity index (χ3v) is 0.977. The summed E-state index contributed by atoms with van der Waals surface area (Å²) in [7, 11) is 0. The van der Waals surface area contributed by atoms with Gasteiger partial charge in [-0.05, 0) is 0 Å². The van der Waals surface area contributed by atoms with E-state index in [1.807, 2.05) is 0 Å². The monoisotopic (exact) mass is 143 g/mol. The number of carbonyl (C=O) groups is 1. The maximum atomic E-state index is 10.4. The number of hydrazine groups is 1. The summed E-state index contributed by atoms with van der Waals surface area (Å²) in [6.45, 7) is 1.87. The van der Waals surface area contributed by atoms with Gasteiger partial charge >= 0.3 is 0 Å². The molecule has 0 saturated carbocycles. The summed E-state index contributed by atoms with van der Waals surface area (Å²) in [5, 5.41) is 4.18. The van der Waals surface area contributed by atoms with Gasteiger partial charge in [-0.3, -0.25) is 9.80 Å². The zero-order valence-electron chi connectivity index (χ0n) is 5.63. The number of rotatable bonds is 2. The molecule has 0 bridgehead atoms. The van der Waals surface area contributed by atoms with Crippen LogP contribution in [-0.2, 0) is 9.63 Å². The predicted octanol–water partition coefficient (Wildman–Crippen LogP) is -0.697. The van der Waals surface area contributed by atoms with Gasteiger partial charge in [-0.15, -0.1) is 0 Å². The molecule has 5 nitrogen and oxygen atoms in total. The molecular weight excluding hydrogens is 134 g/mol. The van der Waals surface area contributed by atoms with Gasteiger partial charge in [-0.25, -0.2) is 0 Å². The van der Waals surface area contributed by atoms with Gasteiger partial charge in [-0.1, -0.05) is 5.59 Å².